The molecular weight excluding hydrogens is 432 g/mol. The number of sulfonamides is 1. The minimum Gasteiger partial charge on any atom is -0.340 e. The van der Waals surface area contributed by atoms with E-state index in [-0.39, 0.29) is 18.9 Å². The van der Waals surface area contributed by atoms with Crippen LogP contribution in [0.15, 0.2) is 28.5 Å². The van der Waals surface area contributed by atoms with Crippen LogP contribution >= 0.6 is 11.3 Å². The number of amides is 1. The van der Waals surface area contributed by atoms with Crippen molar-refractivity contribution in [2.75, 3.05) is 32.7 Å². The summed E-state index contributed by atoms with van der Waals surface area (Å²) in [5, 5.41) is 3.16. The molecule has 2 heterocycles. The summed E-state index contributed by atoms with van der Waals surface area (Å²) in [5.41, 5.74) is 3.47. The third kappa shape index (κ3) is 5.71. The third-order valence-electron chi connectivity index (χ3n) is 6.04. The first-order valence-electron chi connectivity index (χ1n) is 10.9. The van der Waals surface area contributed by atoms with Gasteiger partial charge in [-0.1, -0.05) is 6.07 Å². The van der Waals surface area contributed by atoms with E-state index in [9.17, 15) is 13.2 Å². The van der Waals surface area contributed by atoms with Crippen LogP contribution in [-0.4, -0.2) is 61.8 Å². The fourth-order valence-corrected chi connectivity index (χ4v) is 5.96. The highest BCUT2D eigenvalue weighted by molar-refractivity contribution is 7.89. The zero-order chi connectivity index (χ0) is 21.8. The Morgan fingerprint density at radius 3 is 2.58 bits per heavy atom. The molecule has 9 heteroatoms. The molecule has 1 aliphatic carbocycles. The second-order valence-electron chi connectivity index (χ2n) is 8.30. The predicted octanol–water partition coefficient (Wildman–Crippen LogP) is 2.34. The van der Waals surface area contributed by atoms with Gasteiger partial charge in [0.25, 0.3) is 0 Å². The number of benzene rings is 1. The van der Waals surface area contributed by atoms with Crippen molar-refractivity contribution >= 4 is 27.3 Å². The first kappa shape index (κ1) is 22.4. The van der Waals surface area contributed by atoms with Gasteiger partial charge < -0.3 is 4.90 Å². The molecule has 1 saturated heterocycles. The van der Waals surface area contributed by atoms with Crippen LogP contribution in [0.25, 0.3) is 0 Å². The fraction of sp³-hybridized carbons (Fsp3) is 0.545. The number of fused-ring (bicyclic) bond motifs is 1. The minimum atomic E-state index is -3.60. The zero-order valence-corrected chi connectivity index (χ0v) is 19.6. The van der Waals surface area contributed by atoms with Crippen LogP contribution in [0.1, 0.15) is 41.1 Å². The number of rotatable bonds is 7. The normalized spacial score (nSPS) is 17.5. The number of nitrogens with zero attached hydrogens (tertiary/aromatic N) is 3. The maximum Gasteiger partial charge on any atom is 0.240 e. The first-order valence-corrected chi connectivity index (χ1v) is 13.3. The fourth-order valence-electron chi connectivity index (χ4n) is 4.28. The van der Waals surface area contributed by atoms with E-state index in [1.54, 1.807) is 23.5 Å². The van der Waals surface area contributed by atoms with Crippen molar-refractivity contribution in [3.05, 3.63) is 45.4 Å². The first-order chi connectivity index (χ1) is 14.9. The second kappa shape index (κ2) is 9.77. The van der Waals surface area contributed by atoms with Gasteiger partial charge in [0.1, 0.15) is 0 Å². The van der Waals surface area contributed by atoms with Crippen molar-refractivity contribution < 1.29 is 13.2 Å². The summed E-state index contributed by atoms with van der Waals surface area (Å²) in [6, 6.07) is 5.40. The van der Waals surface area contributed by atoms with Crippen LogP contribution < -0.4 is 4.72 Å². The van der Waals surface area contributed by atoms with Gasteiger partial charge in [-0.05, 0) is 55.9 Å². The molecule has 1 amide bonds. The van der Waals surface area contributed by atoms with Gasteiger partial charge in [0.15, 0.2) is 0 Å². The number of aromatic nitrogens is 1. The molecule has 0 radical (unpaired) electrons. The molecule has 0 bridgehead atoms. The van der Waals surface area contributed by atoms with Crippen molar-refractivity contribution in [1.82, 2.24) is 19.5 Å². The molecule has 0 saturated carbocycles. The average Bonchev–Trinajstić information content (AvgIpc) is 3.18. The molecule has 1 aromatic heterocycles. The van der Waals surface area contributed by atoms with Gasteiger partial charge in [-0.3, -0.25) is 9.69 Å². The second-order valence-corrected chi connectivity index (χ2v) is 11.1. The maximum absolute atomic E-state index is 12.6. The Bertz CT molecular complexity index is 1030. The predicted molar refractivity (Wildman–Crippen MR) is 122 cm³/mol. The summed E-state index contributed by atoms with van der Waals surface area (Å²) < 4.78 is 27.9. The van der Waals surface area contributed by atoms with E-state index in [2.05, 4.69) is 20.0 Å². The van der Waals surface area contributed by atoms with Gasteiger partial charge in [0.05, 0.1) is 15.6 Å². The summed E-state index contributed by atoms with van der Waals surface area (Å²) in [6.07, 6.45) is 4.41. The number of piperazine rings is 1. The SMILES string of the molecule is Cc1nc(CN2CCN(C(=O)CCNS(=O)(=O)c3ccc4c(c3)CCCC4)CC2)cs1. The highest BCUT2D eigenvalue weighted by Crippen LogP contribution is 2.24. The Kier molecular flexibility index (Phi) is 7.05. The van der Waals surface area contributed by atoms with E-state index >= 15 is 0 Å². The molecule has 2 aromatic rings. The highest BCUT2D eigenvalue weighted by atomic mass is 32.2. The van der Waals surface area contributed by atoms with Crippen molar-refractivity contribution in [3.8, 4) is 0 Å². The monoisotopic (exact) mass is 462 g/mol. The lowest BCUT2D eigenvalue weighted by atomic mass is 9.92. The van der Waals surface area contributed by atoms with E-state index in [0.29, 0.717) is 18.0 Å². The van der Waals surface area contributed by atoms with E-state index in [0.717, 1.165) is 61.6 Å². The van der Waals surface area contributed by atoms with Gasteiger partial charge in [0.2, 0.25) is 15.9 Å². The largest absolute Gasteiger partial charge is 0.340 e. The van der Waals surface area contributed by atoms with Gasteiger partial charge in [-0.2, -0.15) is 0 Å². The van der Waals surface area contributed by atoms with E-state index < -0.39 is 10.0 Å². The summed E-state index contributed by atoms with van der Waals surface area (Å²) in [5.74, 6) is -0.00251. The van der Waals surface area contributed by atoms with E-state index in [1.165, 1.54) is 5.56 Å². The Morgan fingerprint density at radius 1 is 1.13 bits per heavy atom. The van der Waals surface area contributed by atoms with Crippen LogP contribution in [0.2, 0.25) is 0 Å². The number of aryl methyl sites for hydroxylation is 3. The molecule has 168 valence electrons. The molecule has 2 aliphatic rings. The molecule has 31 heavy (non-hydrogen) atoms. The summed E-state index contributed by atoms with van der Waals surface area (Å²) in [4.78, 5) is 21.5. The Hall–Kier alpha value is -1.81. The number of nitrogens with one attached hydrogen (secondary N) is 1. The Morgan fingerprint density at radius 2 is 1.87 bits per heavy atom. The Labute approximate surface area is 188 Å². The van der Waals surface area contributed by atoms with Crippen molar-refractivity contribution in [2.45, 2.75) is 50.5 Å². The zero-order valence-electron chi connectivity index (χ0n) is 18.0. The molecule has 4 rings (SSSR count). The average molecular weight is 463 g/mol. The number of thiazole rings is 1. The number of hydrogen-bond donors (Lipinski definition) is 1. The highest BCUT2D eigenvalue weighted by Gasteiger charge is 2.23. The van der Waals surface area contributed by atoms with Crippen molar-refractivity contribution in [1.29, 1.82) is 0 Å². The number of hydrogen-bond acceptors (Lipinski definition) is 6. The minimum absolute atomic E-state index is 0.00251. The maximum atomic E-state index is 12.6. The van der Waals surface area contributed by atoms with Gasteiger partial charge in [-0.25, -0.2) is 18.1 Å². The number of carbonyl (C=O) groups is 1. The van der Waals surface area contributed by atoms with Gasteiger partial charge in [-0.15, -0.1) is 11.3 Å². The standard InChI is InChI=1S/C22H30N4O3S2/c1-17-24-20(16-30-17)15-25-10-12-26(13-11-25)22(27)8-9-23-31(28,29)21-7-6-18-4-2-3-5-19(18)14-21/h6-7,14,16,23H,2-5,8-13,15H2,1H3. The van der Waals surface area contributed by atoms with Crippen molar-refractivity contribution in [3.63, 3.8) is 0 Å². The smallest absolute Gasteiger partial charge is 0.240 e. The van der Waals surface area contributed by atoms with Crippen LogP contribution in [0.3, 0.4) is 0 Å². The summed E-state index contributed by atoms with van der Waals surface area (Å²) in [6.45, 7) is 5.89. The lowest BCUT2D eigenvalue weighted by molar-refractivity contribution is -0.132. The third-order valence-corrected chi connectivity index (χ3v) is 8.32. The molecular formula is C22H30N4O3S2. The molecule has 1 N–H and O–H groups in total. The Balaban J connectivity index is 1.23. The lowest BCUT2D eigenvalue weighted by Crippen LogP contribution is -2.48. The van der Waals surface area contributed by atoms with Crippen LogP contribution in [-0.2, 0) is 34.2 Å². The molecule has 1 aromatic carbocycles. The topological polar surface area (TPSA) is 82.6 Å². The molecule has 1 fully saturated rings. The summed E-state index contributed by atoms with van der Waals surface area (Å²) in [7, 11) is -3.60. The number of carbonyl (C=O) groups excluding carboxylic acids is 1. The van der Waals surface area contributed by atoms with Gasteiger partial charge >= 0.3 is 0 Å². The molecule has 7 nitrogen and oxygen atoms in total. The van der Waals surface area contributed by atoms with Crippen LogP contribution in [0.5, 0.6) is 0 Å². The van der Waals surface area contributed by atoms with E-state index in [4.69, 9.17) is 0 Å². The van der Waals surface area contributed by atoms with Crippen molar-refractivity contribution in [2.24, 2.45) is 0 Å². The lowest BCUT2D eigenvalue weighted by Gasteiger charge is -2.34. The summed E-state index contributed by atoms with van der Waals surface area (Å²) >= 11 is 1.66. The quantitative estimate of drug-likeness (QED) is 0.683. The molecule has 0 unspecified atom stereocenters. The van der Waals surface area contributed by atoms with Crippen LogP contribution in [0, 0.1) is 6.92 Å². The molecule has 0 spiro atoms. The van der Waals surface area contributed by atoms with Crippen LogP contribution in [0.4, 0.5) is 0 Å². The van der Waals surface area contributed by atoms with E-state index in [1.807, 2.05) is 17.9 Å². The molecule has 1 aliphatic heterocycles. The van der Waals surface area contributed by atoms with Gasteiger partial charge in [0, 0.05) is 51.1 Å². The molecule has 0 atom stereocenters.